The van der Waals surface area contributed by atoms with Crippen molar-refractivity contribution in [2.45, 2.75) is 51.4 Å². The number of nitrogens with one attached hydrogen (secondary N) is 1. The van der Waals surface area contributed by atoms with E-state index in [2.05, 4.69) is 17.2 Å². The summed E-state index contributed by atoms with van der Waals surface area (Å²) >= 11 is 0. The van der Waals surface area contributed by atoms with Gasteiger partial charge >= 0.3 is 12.3 Å². The molecule has 2 amide bonds. The van der Waals surface area contributed by atoms with Gasteiger partial charge in [0, 0.05) is 12.1 Å². The lowest BCUT2D eigenvalue weighted by Gasteiger charge is -2.27. The zero-order chi connectivity index (χ0) is 20.9. The lowest BCUT2D eigenvalue weighted by molar-refractivity contribution is -0.137. The van der Waals surface area contributed by atoms with Gasteiger partial charge in [-0.3, -0.25) is 9.69 Å². The minimum atomic E-state index is -4.43. The van der Waals surface area contributed by atoms with Crippen molar-refractivity contribution in [2.24, 2.45) is 0 Å². The zero-order valence-corrected chi connectivity index (χ0v) is 16.0. The van der Waals surface area contributed by atoms with Crippen LogP contribution in [-0.4, -0.2) is 41.6 Å². The summed E-state index contributed by atoms with van der Waals surface area (Å²) in [6, 6.07) is 4.03. The zero-order valence-electron chi connectivity index (χ0n) is 16.0. The SMILES string of the molecule is CC(C)(C)OC(=O)N1CCCC1C(=O)NCC#Cc1cccc(C(F)(F)F)c1. The van der Waals surface area contributed by atoms with E-state index in [4.69, 9.17) is 4.74 Å². The van der Waals surface area contributed by atoms with E-state index in [9.17, 15) is 22.8 Å². The van der Waals surface area contributed by atoms with Crippen molar-refractivity contribution in [3.63, 3.8) is 0 Å². The summed E-state index contributed by atoms with van der Waals surface area (Å²) in [6.07, 6.45) is -3.76. The second kappa shape index (κ2) is 8.55. The van der Waals surface area contributed by atoms with Crippen LogP contribution < -0.4 is 5.32 Å². The van der Waals surface area contributed by atoms with Crippen LogP contribution in [0.2, 0.25) is 0 Å². The molecule has 1 saturated heterocycles. The van der Waals surface area contributed by atoms with E-state index in [0.717, 1.165) is 12.1 Å². The van der Waals surface area contributed by atoms with Crippen molar-refractivity contribution in [2.75, 3.05) is 13.1 Å². The monoisotopic (exact) mass is 396 g/mol. The maximum atomic E-state index is 12.7. The van der Waals surface area contributed by atoms with Crippen molar-refractivity contribution in [1.29, 1.82) is 0 Å². The Morgan fingerprint density at radius 1 is 1.29 bits per heavy atom. The third-order valence-corrected chi connectivity index (χ3v) is 3.96. The van der Waals surface area contributed by atoms with Gasteiger partial charge in [0.15, 0.2) is 0 Å². The Labute approximate surface area is 162 Å². The number of amides is 2. The highest BCUT2D eigenvalue weighted by molar-refractivity contribution is 5.86. The molecule has 28 heavy (non-hydrogen) atoms. The molecule has 0 spiro atoms. The third-order valence-electron chi connectivity index (χ3n) is 3.96. The van der Waals surface area contributed by atoms with Gasteiger partial charge in [-0.05, 0) is 51.8 Å². The number of hydrogen-bond donors (Lipinski definition) is 1. The molecule has 0 radical (unpaired) electrons. The topological polar surface area (TPSA) is 58.6 Å². The summed E-state index contributed by atoms with van der Waals surface area (Å²) in [7, 11) is 0. The van der Waals surface area contributed by atoms with Gasteiger partial charge in [0.25, 0.3) is 0 Å². The van der Waals surface area contributed by atoms with Crippen molar-refractivity contribution in [3.05, 3.63) is 35.4 Å². The Morgan fingerprint density at radius 2 is 2.00 bits per heavy atom. The number of likely N-dealkylation sites (tertiary alicyclic amines) is 1. The minimum Gasteiger partial charge on any atom is -0.444 e. The normalized spacial score (nSPS) is 16.9. The summed E-state index contributed by atoms with van der Waals surface area (Å²) in [6.45, 7) is 5.65. The quantitative estimate of drug-likeness (QED) is 0.778. The first kappa shape index (κ1) is 21.6. The molecular weight excluding hydrogens is 373 g/mol. The molecule has 0 aliphatic carbocycles. The number of carbonyl (C=O) groups is 2. The first-order valence-corrected chi connectivity index (χ1v) is 8.91. The van der Waals surface area contributed by atoms with Gasteiger partial charge in [-0.2, -0.15) is 13.2 Å². The molecule has 0 bridgehead atoms. The first-order chi connectivity index (χ1) is 13.0. The molecule has 1 N–H and O–H groups in total. The summed E-state index contributed by atoms with van der Waals surface area (Å²) < 4.78 is 43.4. The fraction of sp³-hybridized carbons (Fsp3) is 0.500. The van der Waals surface area contributed by atoms with Crippen molar-refractivity contribution >= 4 is 12.0 Å². The van der Waals surface area contributed by atoms with Gasteiger partial charge in [-0.15, -0.1) is 0 Å². The smallest absolute Gasteiger partial charge is 0.416 e. The molecule has 0 saturated carbocycles. The molecule has 1 unspecified atom stereocenters. The van der Waals surface area contributed by atoms with E-state index >= 15 is 0 Å². The Bertz CT molecular complexity index is 788. The van der Waals surface area contributed by atoms with Crippen LogP contribution in [0.4, 0.5) is 18.0 Å². The predicted molar refractivity (Wildman–Crippen MR) is 97.3 cm³/mol. The van der Waals surface area contributed by atoms with E-state index in [0.29, 0.717) is 19.4 Å². The molecule has 8 heteroatoms. The van der Waals surface area contributed by atoms with Crippen LogP contribution in [0.1, 0.15) is 44.7 Å². The molecule has 1 aliphatic heterocycles. The second-order valence-electron chi connectivity index (χ2n) is 7.43. The molecule has 5 nitrogen and oxygen atoms in total. The summed E-state index contributed by atoms with van der Waals surface area (Å²) in [5, 5.41) is 2.60. The molecule has 1 atom stereocenters. The van der Waals surface area contributed by atoms with E-state index < -0.39 is 29.5 Å². The van der Waals surface area contributed by atoms with E-state index in [1.807, 2.05) is 0 Å². The Morgan fingerprint density at radius 3 is 2.64 bits per heavy atom. The number of halogens is 3. The third kappa shape index (κ3) is 6.19. The van der Waals surface area contributed by atoms with E-state index in [1.165, 1.54) is 17.0 Å². The molecule has 152 valence electrons. The Balaban J connectivity index is 1.92. The molecule has 2 rings (SSSR count). The number of nitrogens with zero attached hydrogens (tertiary/aromatic N) is 1. The standard InChI is InChI=1S/C20H23F3N2O3/c1-19(2,3)28-18(27)25-12-6-10-16(25)17(26)24-11-5-8-14-7-4-9-15(13-14)20(21,22)23/h4,7,9,13,16H,6,10-12H2,1-3H3,(H,24,26). The average molecular weight is 396 g/mol. The number of hydrogen-bond acceptors (Lipinski definition) is 3. The van der Waals surface area contributed by atoms with Crippen LogP contribution in [0.25, 0.3) is 0 Å². The predicted octanol–water partition coefficient (Wildman–Crippen LogP) is 3.57. The molecule has 0 aromatic heterocycles. The van der Waals surface area contributed by atoms with Gasteiger partial charge in [-0.25, -0.2) is 4.79 Å². The molecule has 1 heterocycles. The highest BCUT2D eigenvalue weighted by Crippen LogP contribution is 2.29. The number of ether oxygens (including phenoxy) is 1. The van der Waals surface area contributed by atoms with Crippen molar-refractivity contribution < 1.29 is 27.5 Å². The van der Waals surface area contributed by atoms with Crippen LogP contribution in [-0.2, 0) is 15.7 Å². The Hall–Kier alpha value is -2.69. The van der Waals surface area contributed by atoms with Gasteiger partial charge < -0.3 is 10.1 Å². The van der Waals surface area contributed by atoms with Crippen molar-refractivity contribution in [1.82, 2.24) is 10.2 Å². The lowest BCUT2D eigenvalue weighted by Crippen LogP contribution is -2.47. The molecule has 1 aromatic carbocycles. The van der Waals surface area contributed by atoms with Gasteiger partial charge in [0.2, 0.25) is 5.91 Å². The maximum Gasteiger partial charge on any atom is 0.416 e. The molecular formula is C20H23F3N2O3. The molecule has 1 aromatic rings. The fourth-order valence-corrected chi connectivity index (χ4v) is 2.75. The summed E-state index contributed by atoms with van der Waals surface area (Å²) in [5.41, 5.74) is -1.22. The maximum absolute atomic E-state index is 12.7. The van der Waals surface area contributed by atoms with Crippen LogP contribution in [0.3, 0.4) is 0 Å². The Kier molecular flexibility index (Phi) is 6.60. The lowest BCUT2D eigenvalue weighted by atomic mass is 10.1. The summed E-state index contributed by atoms with van der Waals surface area (Å²) in [5.74, 6) is 4.87. The first-order valence-electron chi connectivity index (χ1n) is 8.91. The minimum absolute atomic E-state index is 0.0340. The number of alkyl halides is 3. The highest BCUT2D eigenvalue weighted by Gasteiger charge is 2.36. The number of rotatable bonds is 2. The van der Waals surface area contributed by atoms with Gasteiger partial charge in [0.05, 0.1) is 12.1 Å². The fourth-order valence-electron chi connectivity index (χ4n) is 2.75. The number of carbonyl (C=O) groups excluding carboxylic acids is 2. The van der Waals surface area contributed by atoms with Crippen LogP contribution in [0.5, 0.6) is 0 Å². The average Bonchev–Trinajstić information content (AvgIpc) is 3.06. The summed E-state index contributed by atoms with van der Waals surface area (Å²) in [4.78, 5) is 25.9. The van der Waals surface area contributed by atoms with Crippen molar-refractivity contribution in [3.8, 4) is 11.8 Å². The largest absolute Gasteiger partial charge is 0.444 e. The number of benzene rings is 1. The molecule has 1 aliphatic rings. The van der Waals surface area contributed by atoms with Gasteiger partial charge in [0.1, 0.15) is 11.6 Å². The van der Waals surface area contributed by atoms with Gasteiger partial charge in [-0.1, -0.05) is 17.9 Å². The highest BCUT2D eigenvalue weighted by atomic mass is 19.4. The van der Waals surface area contributed by atoms with Crippen LogP contribution >= 0.6 is 0 Å². The van der Waals surface area contributed by atoms with E-state index in [1.54, 1.807) is 20.8 Å². The van der Waals surface area contributed by atoms with E-state index in [-0.39, 0.29) is 18.0 Å². The van der Waals surface area contributed by atoms with Crippen LogP contribution in [0, 0.1) is 11.8 Å². The second-order valence-corrected chi connectivity index (χ2v) is 7.43. The molecule has 1 fully saturated rings. The van der Waals surface area contributed by atoms with Crippen LogP contribution in [0.15, 0.2) is 24.3 Å².